The van der Waals surface area contributed by atoms with Gasteiger partial charge in [-0.25, -0.2) is 4.98 Å². The van der Waals surface area contributed by atoms with Gasteiger partial charge in [0.2, 0.25) is 5.91 Å². The summed E-state index contributed by atoms with van der Waals surface area (Å²) in [7, 11) is 0. The highest BCUT2D eigenvalue weighted by molar-refractivity contribution is 5.95. The first kappa shape index (κ1) is 27.7. The molecule has 1 saturated heterocycles. The number of halogens is 3. The summed E-state index contributed by atoms with van der Waals surface area (Å²) in [6.07, 6.45) is -2.45. The molecule has 1 unspecified atom stereocenters. The van der Waals surface area contributed by atoms with Crippen molar-refractivity contribution in [3.63, 3.8) is 0 Å². The van der Waals surface area contributed by atoms with Gasteiger partial charge in [0.05, 0.1) is 17.5 Å². The summed E-state index contributed by atoms with van der Waals surface area (Å²) < 4.78 is 54.3. The zero-order valence-corrected chi connectivity index (χ0v) is 23.3. The van der Waals surface area contributed by atoms with E-state index in [9.17, 15) is 22.8 Å². The fraction of sp³-hybridized carbons (Fsp3) is 0.387. The quantitative estimate of drug-likeness (QED) is 0.393. The third-order valence-electron chi connectivity index (χ3n) is 8.48. The fourth-order valence-corrected chi connectivity index (χ4v) is 6.31. The van der Waals surface area contributed by atoms with Gasteiger partial charge in [-0.1, -0.05) is 6.07 Å². The van der Waals surface area contributed by atoms with E-state index in [1.54, 1.807) is 24.4 Å². The van der Waals surface area contributed by atoms with Gasteiger partial charge in [0, 0.05) is 61.5 Å². The average Bonchev–Trinajstić information content (AvgIpc) is 3.48. The molecule has 3 aromatic rings. The van der Waals surface area contributed by atoms with E-state index in [-0.39, 0.29) is 47.7 Å². The number of rotatable bonds is 6. The van der Waals surface area contributed by atoms with Crippen molar-refractivity contribution in [3.05, 3.63) is 76.5 Å². The summed E-state index contributed by atoms with van der Waals surface area (Å²) in [4.78, 5) is 31.1. The number of hydrogen-bond acceptors (Lipinski definition) is 7. The van der Waals surface area contributed by atoms with Gasteiger partial charge < -0.3 is 25.4 Å². The standard InChI is InChI=1S/C31H30F3N5O4/c1-16-14-39(11-10-35-16)15-18-3-2-17(12-22(18)31(32,33)34)30(41)38-27-26-21-13-19(4-6-23(21)43-28(26)27)42-24-8-9-36-29-20(24)5-7-25(40)37-29/h2-4,6,8-9,12-13,16,26-28,35H,5,7,10-11,14-15H2,1H3,(H,38,41)(H,36,37,40)/t16?,26-,27-,28-/m0/s1. The van der Waals surface area contributed by atoms with Crippen LogP contribution < -0.4 is 25.4 Å². The molecule has 7 rings (SSSR count). The highest BCUT2D eigenvalue weighted by atomic mass is 19.4. The number of anilines is 1. The molecular weight excluding hydrogens is 563 g/mol. The molecule has 0 spiro atoms. The number of aromatic nitrogens is 1. The van der Waals surface area contributed by atoms with Crippen LogP contribution >= 0.6 is 0 Å². The number of ether oxygens (including phenoxy) is 2. The Labute approximate surface area is 245 Å². The minimum atomic E-state index is -4.58. The van der Waals surface area contributed by atoms with Crippen LogP contribution in [0, 0.1) is 0 Å². The first-order valence-corrected chi connectivity index (χ1v) is 14.4. The molecule has 1 aliphatic carbocycles. The van der Waals surface area contributed by atoms with Crippen LogP contribution in [0.2, 0.25) is 0 Å². The lowest BCUT2D eigenvalue weighted by Crippen LogP contribution is -2.48. The lowest BCUT2D eigenvalue weighted by molar-refractivity contribution is -0.138. The number of nitrogens with zero attached hydrogens (tertiary/aromatic N) is 2. The first-order valence-electron chi connectivity index (χ1n) is 14.4. The van der Waals surface area contributed by atoms with Gasteiger partial charge in [0.1, 0.15) is 29.2 Å². The predicted octanol–water partition coefficient (Wildman–Crippen LogP) is 4.23. The number of hydrogen-bond donors (Lipinski definition) is 3. The Morgan fingerprint density at radius 1 is 1.19 bits per heavy atom. The molecule has 43 heavy (non-hydrogen) atoms. The Hall–Kier alpha value is -4.16. The zero-order chi connectivity index (χ0) is 29.9. The Kier molecular flexibility index (Phi) is 6.77. The molecule has 1 saturated carbocycles. The van der Waals surface area contributed by atoms with E-state index in [1.807, 2.05) is 17.9 Å². The number of benzene rings is 2. The van der Waals surface area contributed by atoms with Crippen molar-refractivity contribution in [3.8, 4) is 17.2 Å². The number of piperazine rings is 1. The van der Waals surface area contributed by atoms with Gasteiger partial charge >= 0.3 is 6.18 Å². The number of carbonyl (C=O) groups is 2. The molecule has 0 radical (unpaired) electrons. The summed E-state index contributed by atoms with van der Waals surface area (Å²) in [5, 5.41) is 8.92. The van der Waals surface area contributed by atoms with E-state index in [0.29, 0.717) is 49.0 Å². The third-order valence-corrected chi connectivity index (χ3v) is 8.48. The maximum atomic E-state index is 14.0. The minimum Gasteiger partial charge on any atom is -0.487 e. The summed E-state index contributed by atoms with van der Waals surface area (Å²) in [5.41, 5.74) is 1.01. The van der Waals surface area contributed by atoms with Crippen molar-refractivity contribution in [1.82, 2.24) is 20.5 Å². The second-order valence-corrected chi connectivity index (χ2v) is 11.6. The Morgan fingerprint density at radius 2 is 2.05 bits per heavy atom. The second-order valence-electron chi connectivity index (χ2n) is 11.6. The molecule has 2 amide bonds. The molecule has 3 aliphatic heterocycles. The van der Waals surface area contributed by atoms with Crippen molar-refractivity contribution in [2.45, 2.75) is 56.6 Å². The number of alkyl halides is 3. The molecule has 2 fully saturated rings. The molecule has 2 aromatic carbocycles. The topological polar surface area (TPSA) is 105 Å². The van der Waals surface area contributed by atoms with Gasteiger partial charge in [0.15, 0.2) is 0 Å². The molecule has 0 bridgehead atoms. The fourth-order valence-electron chi connectivity index (χ4n) is 6.31. The lowest BCUT2D eigenvalue weighted by Gasteiger charge is -2.32. The van der Waals surface area contributed by atoms with Crippen LogP contribution in [-0.2, 0) is 23.9 Å². The Morgan fingerprint density at radius 3 is 2.86 bits per heavy atom. The largest absolute Gasteiger partial charge is 0.487 e. The minimum absolute atomic E-state index is 0.0402. The van der Waals surface area contributed by atoms with E-state index in [2.05, 4.69) is 20.9 Å². The normalized spacial score (nSPS) is 24.2. The van der Waals surface area contributed by atoms with Crippen molar-refractivity contribution in [2.24, 2.45) is 0 Å². The molecule has 1 aromatic heterocycles. The summed E-state index contributed by atoms with van der Waals surface area (Å²) in [6.45, 7) is 4.20. The maximum absolute atomic E-state index is 14.0. The predicted molar refractivity (Wildman–Crippen MR) is 150 cm³/mol. The van der Waals surface area contributed by atoms with Gasteiger partial charge in [-0.2, -0.15) is 13.2 Å². The number of nitrogens with one attached hydrogen (secondary N) is 3. The molecule has 4 heterocycles. The second kappa shape index (κ2) is 10.5. The Balaban J connectivity index is 1.05. The number of fused-ring (bicyclic) bond motifs is 4. The third kappa shape index (κ3) is 5.40. The van der Waals surface area contributed by atoms with Crippen LogP contribution in [0.1, 0.15) is 51.9 Å². The Bertz CT molecular complexity index is 1610. The van der Waals surface area contributed by atoms with Gasteiger partial charge in [-0.3, -0.25) is 14.5 Å². The van der Waals surface area contributed by atoms with Crippen molar-refractivity contribution < 1.29 is 32.2 Å². The van der Waals surface area contributed by atoms with Gasteiger partial charge in [-0.15, -0.1) is 0 Å². The molecule has 4 aliphatic rings. The van der Waals surface area contributed by atoms with E-state index in [1.165, 1.54) is 12.1 Å². The molecule has 4 atom stereocenters. The lowest BCUT2D eigenvalue weighted by atomic mass is 10.0. The zero-order valence-electron chi connectivity index (χ0n) is 23.3. The maximum Gasteiger partial charge on any atom is 0.416 e. The molecule has 3 N–H and O–H groups in total. The SMILES string of the molecule is CC1CN(Cc2ccc(C(=O)N[C@@H]3[C@H]4Oc5ccc(Oc6ccnc7c6CCC(=O)N7)cc5[C@@H]34)cc2C(F)(F)F)CCN1. The van der Waals surface area contributed by atoms with Crippen LogP contribution in [0.5, 0.6) is 17.2 Å². The van der Waals surface area contributed by atoms with Crippen LogP contribution in [0.4, 0.5) is 19.0 Å². The number of pyridine rings is 1. The number of carbonyl (C=O) groups excluding carboxylic acids is 2. The summed E-state index contributed by atoms with van der Waals surface area (Å²) in [6, 6.07) is 10.8. The summed E-state index contributed by atoms with van der Waals surface area (Å²) in [5.74, 6) is 1.53. The number of amides is 2. The van der Waals surface area contributed by atoms with Crippen LogP contribution in [0.3, 0.4) is 0 Å². The van der Waals surface area contributed by atoms with Crippen LogP contribution in [0.15, 0.2) is 48.7 Å². The van der Waals surface area contributed by atoms with E-state index < -0.39 is 17.6 Å². The van der Waals surface area contributed by atoms with E-state index in [4.69, 9.17) is 9.47 Å². The van der Waals surface area contributed by atoms with E-state index in [0.717, 1.165) is 23.7 Å². The average molecular weight is 594 g/mol. The first-order chi connectivity index (χ1) is 20.6. The van der Waals surface area contributed by atoms with Crippen LogP contribution in [0.25, 0.3) is 0 Å². The monoisotopic (exact) mass is 593 g/mol. The van der Waals surface area contributed by atoms with Crippen molar-refractivity contribution in [2.75, 3.05) is 25.0 Å². The molecular formula is C31H30F3N5O4. The van der Waals surface area contributed by atoms with Crippen molar-refractivity contribution >= 4 is 17.6 Å². The summed E-state index contributed by atoms with van der Waals surface area (Å²) >= 11 is 0. The van der Waals surface area contributed by atoms with Crippen molar-refractivity contribution in [1.29, 1.82) is 0 Å². The van der Waals surface area contributed by atoms with E-state index >= 15 is 0 Å². The highest BCUT2D eigenvalue weighted by Gasteiger charge is 2.59. The van der Waals surface area contributed by atoms with Crippen LogP contribution in [-0.4, -0.2) is 59.5 Å². The smallest absolute Gasteiger partial charge is 0.416 e. The highest BCUT2D eigenvalue weighted by Crippen LogP contribution is 2.54. The molecule has 12 heteroatoms. The van der Waals surface area contributed by atoms with Gasteiger partial charge in [-0.05, 0) is 55.3 Å². The molecule has 224 valence electrons. The molecule has 9 nitrogen and oxygen atoms in total. The van der Waals surface area contributed by atoms with Gasteiger partial charge in [0.25, 0.3) is 5.91 Å².